The Labute approximate surface area is 117 Å². The molecule has 0 unspecified atom stereocenters. The summed E-state index contributed by atoms with van der Waals surface area (Å²) in [6.45, 7) is 3.77. The molecular weight excluding hydrogens is 286 g/mol. The van der Waals surface area contributed by atoms with Crippen molar-refractivity contribution in [3.05, 3.63) is 16.6 Å². The topological polar surface area (TPSA) is 71.5 Å². The summed E-state index contributed by atoms with van der Waals surface area (Å²) < 4.78 is 30.1. The van der Waals surface area contributed by atoms with Gasteiger partial charge in [0.25, 0.3) is 0 Å². The molecule has 0 amide bonds. The van der Waals surface area contributed by atoms with Gasteiger partial charge < -0.3 is 4.74 Å². The van der Waals surface area contributed by atoms with Gasteiger partial charge in [0.05, 0.1) is 12.9 Å². The lowest BCUT2D eigenvalue weighted by atomic mass is 10.2. The van der Waals surface area contributed by atoms with Gasteiger partial charge >= 0.3 is 0 Å². The highest BCUT2D eigenvalue weighted by atomic mass is 32.2. The molecule has 0 aliphatic carbocycles. The van der Waals surface area contributed by atoms with Crippen LogP contribution in [0.1, 0.15) is 17.5 Å². The summed E-state index contributed by atoms with van der Waals surface area (Å²) in [6.07, 6.45) is 3.83. The first-order valence-corrected chi connectivity index (χ1v) is 9.00. The summed E-state index contributed by atoms with van der Waals surface area (Å²) in [7, 11) is -3.07. The Morgan fingerprint density at radius 3 is 3.16 bits per heavy atom. The molecule has 1 N–H and O–H groups in total. The lowest BCUT2D eigenvalue weighted by Crippen LogP contribution is -2.39. The van der Waals surface area contributed by atoms with Crippen LogP contribution >= 0.6 is 11.3 Å². The Bertz CT molecular complexity index is 475. The molecule has 0 bridgehead atoms. The molecule has 1 aromatic rings. The maximum atomic E-state index is 10.9. The van der Waals surface area contributed by atoms with E-state index in [0.717, 1.165) is 31.1 Å². The van der Waals surface area contributed by atoms with E-state index in [0.29, 0.717) is 13.2 Å². The molecule has 0 radical (unpaired) electrons. The van der Waals surface area contributed by atoms with Crippen molar-refractivity contribution in [2.45, 2.75) is 12.5 Å². The van der Waals surface area contributed by atoms with E-state index in [9.17, 15) is 8.42 Å². The van der Waals surface area contributed by atoms with Crippen LogP contribution in [-0.2, 0) is 14.8 Å². The largest absolute Gasteiger partial charge is 0.368 e. The van der Waals surface area contributed by atoms with Crippen LogP contribution in [0.2, 0.25) is 0 Å². The van der Waals surface area contributed by atoms with Gasteiger partial charge in [-0.2, -0.15) is 0 Å². The first-order valence-electron chi connectivity index (χ1n) is 6.22. The van der Waals surface area contributed by atoms with E-state index in [2.05, 4.69) is 14.6 Å². The third-order valence-corrected chi connectivity index (χ3v) is 4.49. The zero-order chi connectivity index (χ0) is 13.7. The van der Waals surface area contributed by atoms with Crippen molar-refractivity contribution in [3.63, 3.8) is 0 Å². The molecule has 2 heterocycles. The van der Waals surface area contributed by atoms with Crippen LogP contribution in [0.3, 0.4) is 0 Å². The Hall–Kier alpha value is -0.540. The second kappa shape index (κ2) is 6.76. The zero-order valence-corrected chi connectivity index (χ0v) is 12.5. The van der Waals surface area contributed by atoms with Gasteiger partial charge in [-0.1, -0.05) is 0 Å². The monoisotopic (exact) mass is 305 g/mol. The standard InChI is InChI=1S/C11H19N3O3S2/c1-19(15,16)13-3-2-5-14-6-7-17-10(9-14)11-12-4-8-18-11/h4,8,10,13H,2-3,5-7,9H2,1H3/t10-/m1/s1. The molecule has 1 saturated heterocycles. The maximum Gasteiger partial charge on any atom is 0.208 e. The van der Waals surface area contributed by atoms with E-state index in [-0.39, 0.29) is 6.10 Å². The van der Waals surface area contributed by atoms with Gasteiger partial charge in [0.2, 0.25) is 10.0 Å². The molecule has 2 rings (SSSR count). The number of aromatic nitrogens is 1. The summed E-state index contributed by atoms with van der Waals surface area (Å²) in [5, 5.41) is 2.96. The summed E-state index contributed by atoms with van der Waals surface area (Å²) in [5.41, 5.74) is 0. The lowest BCUT2D eigenvalue weighted by molar-refractivity contribution is -0.0301. The van der Waals surface area contributed by atoms with Crippen LogP contribution in [-0.4, -0.2) is 57.3 Å². The summed E-state index contributed by atoms with van der Waals surface area (Å²) >= 11 is 1.61. The number of hydrogen-bond acceptors (Lipinski definition) is 6. The van der Waals surface area contributed by atoms with Crippen molar-refractivity contribution in [2.24, 2.45) is 0 Å². The van der Waals surface area contributed by atoms with Gasteiger partial charge in [-0.3, -0.25) is 4.90 Å². The number of rotatable bonds is 6. The van der Waals surface area contributed by atoms with Crippen molar-refractivity contribution in [1.82, 2.24) is 14.6 Å². The third kappa shape index (κ3) is 5.15. The Balaban J connectivity index is 1.73. The predicted octanol–water partition coefficient (Wildman–Crippen LogP) is 0.456. The molecule has 1 fully saturated rings. The van der Waals surface area contributed by atoms with Gasteiger partial charge in [-0.15, -0.1) is 11.3 Å². The molecule has 1 aliphatic rings. The molecule has 108 valence electrons. The number of hydrogen-bond donors (Lipinski definition) is 1. The smallest absolute Gasteiger partial charge is 0.208 e. The summed E-state index contributed by atoms with van der Waals surface area (Å²) in [5.74, 6) is 0. The lowest BCUT2D eigenvalue weighted by Gasteiger charge is -2.31. The highest BCUT2D eigenvalue weighted by Crippen LogP contribution is 2.23. The minimum absolute atomic E-state index is 0.0524. The quantitative estimate of drug-likeness (QED) is 0.773. The fourth-order valence-electron chi connectivity index (χ4n) is 2.01. The van der Waals surface area contributed by atoms with Crippen LogP contribution in [0.25, 0.3) is 0 Å². The van der Waals surface area contributed by atoms with Gasteiger partial charge in [-0.25, -0.2) is 18.1 Å². The number of nitrogens with zero attached hydrogens (tertiary/aromatic N) is 2. The van der Waals surface area contributed by atoms with Crippen LogP contribution in [0.15, 0.2) is 11.6 Å². The number of sulfonamides is 1. The minimum atomic E-state index is -3.07. The third-order valence-electron chi connectivity index (χ3n) is 2.89. The van der Waals surface area contributed by atoms with Gasteiger partial charge in [-0.05, 0) is 13.0 Å². The molecule has 0 saturated carbocycles. The van der Waals surface area contributed by atoms with E-state index >= 15 is 0 Å². The molecule has 1 aliphatic heterocycles. The van der Waals surface area contributed by atoms with E-state index in [1.54, 1.807) is 17.5 Å². The molecule has 8 heteroatoms. The van der Waals surface area contributed by atoms with Crippen molar-refractivity contribution in [3.8, 4) is 0 Å². The van der Waals surface area contributed by atoms with Crippen molar-refractivity contribution >= 4 is 21.4 Å². The number of nitrogens with one attached hydrogen (secondary N) is 1. The highest BCUT2D eigenvalue weighted by Gasteiger charge is 2.23. The molecule has 19 heavy (non-hydrogen) atoms. The van der Waals surface area contributed by atoms with Crippen molar-refractivity contribution in [2.75, 3.05) is 39.0 Å². The van der Waals surface area contributed by atoms with E-state index in [4.69, 9.17) is 4.74 Å². The normalized spacial score (nSPS) is 21.6. The van der Waals surface area contributed by atoms with Gasteiger partial charge in [0.1, 0.15) is 11.1 Å². The fraction of sp³-hybridized carbons (Fsp3) is 0.727. The second-order valence-corrected chi connectivity index (χ2v) is 7.31. The molecule has 6 nitrogen and oxygen atoms in total. The number of morpholine rings is 1. The minimum Gasteiger partial charge on any atom is -0.368 e. The average molecular weight is 305 g/mol. The van der Waals surface area contributed by atoms with Crippen LogP contribution in [0.5, 0.6) is 0 Å². The number of thiazole rings is 1. The maximum absolute atomic E-state index is 10.9. The fourth-order valence-corrected chi connectivity index (χ4v) is 3.20. The first kappa shape index (κ1) is 14.9. The first-order chi connectivity index (χ1) is 9.04. The molecule has 1 aromatic heterocycles. The number of ether oxygens (including phenoxy) is 1. The van der Waals surface area contributed by atoms with Crippen LogP contribution in [0, 0.1) is 0 Å². The molecule has 0 aromatic carbocycles. The Morgan fingerprint density at radius 1 is 1.63 bits per heavy atom. The molecule has 1 atom stereocenters. The van der Waals surface area contributed by atoms with E-state index < -0.39 is 10.0 Å². The Kier molecular flexibility index (Phi) is 5.28. The second-order valence-electron chi connectivity index (χ2n) is 4.55. The van der Waals surface area contributed by atoms with Crippen molar-refractivity contribution in [1.29, 1.82) is 0 Å². The predicted molar refractivity (Wildman–Crippen MR) is 74.7 cm³/mol. The zero-order valence-electron chi connectivity index (χ0n) is 10.9. The highest BCUT2D eigenvalue weighted by molar-refractivity contribution is 7.88. The molecule has 0 spiro atoms. The van der Waals surface area contributed by atoms with E-state index in [1.807, 2.05) is 5.38 Å². The van der Waals surface area contributed by atoms with E-state index in [1.165, 1.54) is 6.26 Å². The average Bonchev–Trinajstić information content (AvgIpc) is 2.88. The van der Waals surface area contributed by atoms with Gasteiger partial charge in [0.15, 0.2) is 0 Å². The summed E-state index contributed by atoms with van der Waals surface area (Å²) in [6, 6.07) is 0. The summed E-state index contributed by atoms with van der Waals surface area (Å²) in [4.78, 5) is 6.57. The SMILES string of the molecule is CS(=O)(=O)NCCCN1CCO[C@@H](c2nccs2)C1. The molecular formula is C11H19N3O3S2. The Morgan fingerprint density at radius 2 is 2.47 bits per heavy atom. The van der Waals surface area contributed by atoms with Crippen LogP contribution < -0.4 is 4.72 Å². The van der Waals surface area contributed by atoms with Crippen LogP contribution in [0.4, 0.5) is 0 Å². The van der Waals surface area contributed by atoms with Gasteiger partial charge in [0, 0.05) is 31.2 Å². The van der Waals surface area contributed by atoms with Crippen molar-refractivity contribution < 1.29 is 13.2 Å².